The molecule has 1 nitrogen and oxygen atoms in total. The van der Waals surface area contributed by atoms with Crippen molar-refractivity contribution in [1.29, 1.82) is 0 Å². The highest BCUT2D eigenvalue weighted by molar-refractivity contribution is 7.99. The van der Waals surface area contributed by atoms with Crippen LogP contribution in [0.4, 0.5) is 0 Å². The molecule has 0 radical (unpaired) electrons. The summed E-state index contributed by atoms with van der Waals surface area (Å²) in [5.74, 6) is 3.66. The Bertz CT molecular complexity index is 187. The maximum absolute atomic E-state index is 10.5. The SMILES string of the molecule is CCC1CCCC(C2(O)CCSC2)C1. The molecule has 2 fully saturated rings. The molecular weight excluding hydrogens is 192 g/mol. The standard InChI is InChI=1S/C12H22OS/c1-2-10-4-3-5-11(8-10)12(13)6-7-14-9-12/h10-11,13H,2-9H2,1H3. The van der Waals surface area contributed by atoms with Gasteiger partial charge in [0.05, 0.1) is 5.60 Å². The lowest BCUT2D eigenvalue weighted by Crippen LogP contribution is -2.40. The van der Waals surface area contributed by atoms with E-state index >= 15 is 0 Å². The molecule has 1 saturated heterocycles. The van der Waals surface area contributed by atoms with E-state index in [4.69, 9.17) is 0 Å². The van der Waals surface area contributed by atoms with Gasteiger partial charge in [0, 0.05) is 5.75 Å². The van der Waals surface area contributed by atoms with Crippen LogP contribution < -0.4 is 0 Å². The Morgan fingerprint density at radius 3 is 2.93 bits per heavy atom. The van der Waals surface area contributed by atoms with E-state index in [0.717, 1.165) is 18.1 Å². The monoisotopic (exact) mass is 214 g/mol. The summed E-state index contributed by atoms with van der Waals surface area (Å²) in [7, 11) is 0. The molecule has 14 heavy (non-hydrogen) atoms. The van der Waals surface area contributed by atoms with E-state index in [1.165, 1.54) is 37.9 Å². The molecule has 1 aliphatic carbocycles. The molecule has 2 rings (SSSR count). The van der Waals surface area contributed by atoms with Crippen LogP contribution in [0.2, 0.25) is 0 Å². The third kappa shape index (κ3) is 2.11. The van der Waals surface area contributed by atoms with Crippen LogP contribution in [0, 0.1) is 11.8 Å². The molecule has 0 aromatic heterocycles. The summed E-state index contributed by atoms with van der Waals surface area (Å²) in [4.78, 5) is 0. The molecule has 0 aromatic rings. The Morgan fingerprint density at radius 1 is 1.43 bits per heavy atom. The third-order valence-corrected chi connectivity index (χ3v) is 5.35. The minimum Gasteiger partial charge on any atom is -0.389 e. The summed E-state index contributed by atoms with van der Waals surface area (Å²) in [5, 5.41) is 10.5. The molecule has 0 aromatic carbocycles. The highest BCUT2D eigenvalue weighted by atomic mass is 32.2. The highest BCUT2D eigenvalue weighted by Gasteiger charge is 2.41. The highest BCUT2D eigenvalue weighted by Crippen LogP contribution is 2.43. The fraction of sp³-hybridized carbons (Fsp3) is 1.00. The van der Waals surface area contributed by atoms with Gasteiger partial charge in [-0.1, -0.05) is 26.2 Å². The molecule has 3 atom stereocenters. The summed E-state index contributed by atoms with van der Waals surface area (Å²) < 4.78 is 0. The van der Waals surface area contributed by atoms with Crippen molar-refractivity contribution >= 4 is 11.8 Å². The number of hydrogen-bond donors (Lipinski definition) is 1. The van der Waals surface area contributed by atoms with Crippen LogP contribution in [-0.4, -0.2) is 22.2 Å². The van der Waals surface area contributed by atoms with E-state index in [0.29, 0.717) is 5.92 Å². The second-order valence-corrected chi connectivity index (χ2v) is 6.15. The van der Waals surface area contributed by atoms with Crippen molar-refractivity contribution in [3.05, 3.63) is 0 Å². The summed E-state index contributed by atoms with van der Waals surface area (Å²) in [5.41, 5.74) is -0.293. The Kier molecular flexibility index (Phi) is 3.43. The molecule has 1 aliphatic heterocycles. The van der Waals surface area contributed by atoms with Crippen LogP contribution in [-0.2, 0) is 0 Å². The fourth-order valence-corrected chi connectivity index (χ4v) is 4.42. The second kappa shape index (κ2) is 4.44. The Morgan fingerprint density at radius 2 is 2.29 bits per heavy atom. The van der Waals surface area contributed by atoms with Crippen LogP contribution in [0.25, 0.3) is 0 Å². The van der Waals surface area contributed by atoms with Crippen LogP contribution in [0.15, 0.2) is 0 Å². The number of rotatable bonds is 2. The zero-order valence-corrected chi connectivity index (χ0v) is 9.98. The van der Waals surface area contributed by atoms with Crippen molar-refractivity contribution in [2.24, 2.45) is 11.8 Å². The van der Waals surface area contributed by atoms with E-state index in [1.807, 2.05) is 11.8 Å². The Labute approximate surface area is 91.7 Å². The summed E-state index contributed by atoms with van der Waals surface area (Å²) in [6.07, 6.45) is 7.64. The first-order valence-corrected chi connectivity index (χ1v) is 7.20. The lowest BCUT2D eigenvalue weighted by molar-refractivity contribution is -0.0191. The van der Waals surface area contributed by atoms with Crippen molar-refractivity contribution in [1.82, 2.24) is 0 Å². The predicted octanol–water partition coefficient (Wildman–Crippen LogP) is 3.07. The molecule has 1 N–H and O–H groups in total. The first-order chi connectivity index (χ1) is 6.74. The Hall–Kier alpha value is 0.310. The molecule has 2 aliphatic rings. The van der Waals surface area contributed by atoms with Crippen LogP contribution in [0.1, 0.15) is 45.4 Å². The van der Waals surface area contributed by atoms with E-state index in [-0.39, 0.29) is 5.60 Å². The van der Waals surface area contributed by atoms with E-state index in [1.54, 1.807) is 0 Å². The average molecular weight is 214 g/mol. The average Bonchev–Trinajstić information content (AvgIpc) is 2.67. The molecule has 82 valence electrons. The zero-order valence-electron chi connectivity index (χ0n) is 9.17. The minimum absolute atomic E-state index is 0.293. The summed E-state index contributed by atoms with van der Waals surface area (Å²) in [6.45, 7) is 2.29. The van der Waals surface area contributed by atoms with Crippen molar-refractivity contribution < 1.29 is 5.11 Å². The fourth-order valence-electron chi connectivity index (χ4n) is 3.04. The second-order valence-electron chi connectivity index (χ2n) is 5.04. The largest absolute Gasteiger partial charge is 0.389 e. The number of hydrogen-bond acceptors (Lipinski definition) is 2. The topological polar surface area (TPSA) is 20.2 Å². The van der Waals surface area contributed by atoms with Gasteiger partial charge in [-0.2, -0.15) is 11.8 Å². The van der Waals surface area contributed by atoms with Crippen LogP contribution >= 0.6 is 11.8 Å². The van der Waals surface area contributed by atoms with Gasteiger partial charge in [0.1, 0.15) is 0 Å². The van der Waals surface area contributed by atoms with Gasteiger partial charge in [-0.05, 0) is 36.9 Å². The van der Waals surface area contributed by atoms with Gasteiger partial charge in [0.15, 0.2) is 0 Å². The van der Waals surface area contributed by atoms with Gasteiger partial charge in [0.2, 0.25) is 0 Å². The Balaban J connectivity index is 1.96. The van der Waals surface area contributed by atoms with Crippen molar-refractivity contribution in [3.63, 3.8) is 0 Å². The lowest BCUT2D eigenvalue weighted by Gasteiger charge is -2.38. The number of thioether (sulfide) groups is 1. The summed E-state index contributed by atoms with van der Waals surface area (Å²) in [6, 6.07) is 0. The van der Waals surface area contributed by atoms with Crippen molar-refractivity contribution in [2.75, 3.05) is 11.5 Å². The molecule has 1 saturated carbocycles. The van der Waals surface area contributed by atoms with Crippen LogP contribution in [0.3, 0.4) is 0 Å². The van der Waals surface area contributed by atoms with E-state index in [9.17, 15) is 5.11 Å². The van der Waals surface area contributed by atoms with Gasteiger partial charge >= 0.3 is 0 Å². The van der Waals surface area contributed by atoms with Crippen LogP contribution in [0.5, 0.6) is 0 Å². The number of aliphatic hydroxyl groups is 1. The normalized spacial score (nSPS) is 44.1. The molecule has 1 heterocycles. The lowest BCUT2D eigenvalue weighted by atomic mass is 9.72. The van der Waals surface area contributed by atoms with Gasteiger partial charge in [-0.15, -0.1) is 0 Å². The molecule has 2 heteroatoms. The molecule has 0 bridgehead atoms. The molecule has 0 spiro atoms. The first kappa shape index (κ1) is 10.8. The summed E-state index contributed by atoms with van der Waals surface area (Å²) >= 11 is 1.93. The van der Waals surface area contributed by atoms with Crippen molar-refractivity contribution in [2.45, 2.75) is 51.0 Å². The first-order valence-electron chi connectivity index (χ1n) is 6.05. The van der Waals surface area contributed by atoms with Crippen molar-refractivity contribution in [3.8, 4) is 0 Å². The van der Waals surface area contributed by atoms with Gasteiger partial charge < -0.3 is 5.11 Å². The molecule has 0 amide bonds. The molecule has 3 unspecified atom stereocenters. The van der Waals surface area contributed by atoms with Gasteiger partial charge in [0.25, 0.3) is 0 Å². The smallest absolute Gasteiger partial charge is 0.0773 e. The maximum Gasteiger partial charge on any atom is 0.0773 e. The third-order valence-electron chi connectivity index (χ3n) is 4.15. The maximum atomic E-state index is 10.5. The zero-order chi connectivity index (χ0) is 10.0. The van der Waals surface area contributed by atoms with E-state index in [2.05, 4.69) is 6.92 Å². The van der Waals surface area contributed by atoms with E-state index < -0.39 is 0 Å². The predicted molar refractivity (Wildman–Crippen MR) is 62.6 cm³/mol. The minimum atomic E-state index is -0.293. The van der Waals surface area contributed by atoms with Gasteiger partial charge in [-0.25, -0.2) is 0 Å². The quantitative estimate of drug-likeness (QED) is 0.762. The van der Waals surface area contributed by atoms with Gasteiger partial charge in [-0.3, -0.25) is 0 Å². The molecular formula is C12H22OS.